The van der Waals surface area contributed by atoms with Crippen LogP contribution < -0.4 is 15.4 Å². The molecule has 0 saturated carbocycles. The number of thiophene rings is 1. The minimum Gasteiger partial charge on any atom is -0.490 e. The van der Waals surface area contributed by atoms with Crippen molar-refractivity contribution in [3.05, 3.63) is 52.2 Å². The van der Waals surface area contributed by atoms with E-state index in [1.54, 1.807) is 12.1 Å². The van der Waals surface area contributed by atoms with E-state index in [-0.39, 0.29) is 36.3 Å². The van der Waals surface area contributed by atoms with Gasteiger partial charge >= 0.3 is 6.03 Å². The molecule has 0 fully saturated rings. The summed E-state index contributed by atoms with van der Waals surface area (Å²) in [7, 11) is -3.00. The summed E-state index contributed by atoms with van der Waals surface area (Å²) in [4.78, 5) is 24.6. The van der Waals surface area contributed by atoms with Crippen LogP contribution in [0, 0.1) is 0 Å². The quantitative estimate of drug-likeness (QED) is 0.228. The predicted molar refractivity (Wildman–Crippen MR) is 131 cm³/mol. The number of sulfonamides is 1. The van der Waals surface area contributed by atoms with Crippen molar-refractivity contribution in [2.24, 2.45) is 0 Å². The highest BCUT2D eigenvalue weighted by Crippen LogP contribution is 2.29. The molecule has 0 aliphatic heterocycles. The minimum absolute atomic E-state index is 0.0734. The smallest absolute Gasteiger partial charge is 0.341 e. The second-order valence-electron chi connectivity index (χ2n) is 6.52. The van der Waals surface area contributed by atoms with E-state index < -0.39 is 16.1 Å². The van der Waals surface area contributed by atoms with Crippen molar-refractivity contribution >= 4 is 52.2 Å². The van der Waals surface area contributed by atoms with Crippen LogP contribution in [0.3, 0.4) is 0 Å². The van der Waals surface area contributed by atoms with Gasteiger partial charge in [-0.15, -0.1) is 11.3 Å². The topological polar surface area (TPSA) is 114 Å². The molecule has 1 aromatic carbocycles. The van der Waals surface area contributed by atoms with Crippen molar-refractivity contribution in [1.29, 1.82) is 0 Å². The molecule has 0 radical (unpaired) electrons. The highest BCUT2D eigenvalue weighted by Gasteiger charge is 2.30. The van der Waals surface area contributed by atoms with Crippen LogP contribution in [0.4, 0.5) is 4.79 Å². The van der Waals surface area contributed by atoms with Crippen LogP contribution in [0.2, 0.25) is 0 Å². The third-order valence-electron chi connectivity index (χ3n) is 4.25. The molecule has 0 bridgehead atoms. The number of benzene rings is 1. The summed E-state index contributed by atoms with van der Waals surface area (Å²) in [5.74, 6) is -0.183. The Bertz CT molecular complexity index is 1060. The van der Waals surface area contributed by atoms with Crippen LogP contribution in [-0.4, -0.2) is 57.5 Å². The number of hydrogen-bond acceptors (Lipinski definition) is 8. The van der Waals surface area contributed by atoms with Gasteiger partial charge < -0.3 is 20.1 Å². The molecule has 1 heterocycles. The van der Waals surface area contributed by atoms with Gasteiger partial charge in [-0.2, -0.15) is 12.1 Å². The molecular weight excluding hydrogens is 486 g/mol. The summed E-state index contributed by atoms with van der Waals surface area (Å²) < 4.78 is 37.1. The minimum atomic E-state index is -4.30. The maximum Gasteiger partial charge on any atom is 0.341 e. The van der Waals surface area contributed by atoms with E-state index in [1.807, 2.05) is 24.4 Å². The highest BCUT2D eigenvalue weighted by molar-refractivity contribution is 8.00. The second-order valence-corrected chi connectivity index (χ2v) is 9.92. The first-order valence-electron chi connectivity index (χ1n) is 10.1. The molecule has 0 aliphatic carbocycles. The number of rotatable bonds is 12. The van der Waals surface area contributed by atoms with Crippen LogP contribution >= 0.6 is 24.2 Å². The molecule has 9 nitrogen and oxygen atoms in total. The first-order chi connectivity index (χ1) is 15.8. The highest BCUT2D eigenvalue weighted by atomic mass is 32.3. The third-order valence-corrected chi connectivity index (χ3v) is 7.41. The van der Waals surface area contributed by atoms with Gasteiger partial charge in [0, 0.05) is 31.2 Å². The Morgan fingerprint density at radius 1 is 1.24 bits per heavy atom. The number of carbonyl (C=O) groups is 2. The summed E-state index contributed by atoms with van der Waals surface area (Å²) in [6.45, 7) is 3.04. The number of thiol groups is 1. The molecule has 0 aliphatic rings. The van der Waals surface area contributed by atoms with Gasteiger partial charge in [0.2, 0.25) is 5.91 Å². The molecule has 0 unspecified atom stereocenters. The normalized spacial score (nSPS) is 11.4. The maximum atomic E-state index is 13.0. The lowest BCUT2D eigenvalue weighted by Crippen LogP contribution is -2.36. The fraction of sp³-hybridized carbons (Fsp3) is 0.333. The molecule has 12 heteroatoms. The van der Waals surface area contributed by atoms with Crippen LogP contribution in [0.5, 0.6) is 5.75 Å². The van der Waals surface area contributed by atoms with Crippen molar-refractivity contribution in [2.45, 2.75) is 18.2 Å². The molecule has 3 amide bonds. The van der Waals surface area contributed by atoms with Crippen LogP contribution in [0.1, 0.15) is 17.4 Å². The van der Waals surface area contributed by atoms with Crippen LogP contribution in [0.15, 0.2) is 46.7 Å². The number of nitrogens with zero attached hydrogens (tertiary/aromatic N) is 1. The molecule has 180 valence electrons. The summed E-state index contributed by atoms with van der Waals surface area (Å²) in [5, 5.41) is 6.90. The number of urea groups is 1. The predicted octanol–water partition coefficient (Wildman–Crippen LogP) is 2.71. The first-order valence-corrected chi connectivity index (χ1v) is 12.8. The third kappa shape index (κ3) is 8.07. The van der Waals surface area contributed by atoms with E-state index in [2.05, 4.69) is 23.4 Å². The molecular formula is C21H27N3O6S3. The van der Waals surface area contributed by atoms with Crippen molar-refractivity contribution < 1.29 is 27.5 Å². The molecule has 0 saturated heterocycles. The van der Waals surface area contributed by atoms with Gasteiger partial charge in [-0.3, -0.25) is 4.79 Å². The Morgan fingerprint density at radius 2 is 2.03 bits per heavy atom. The fourth-order valence-electron chi connectivity index (χ4n) is 2.61. The van der Waals surface area contributed by atoms with E-state index in [9.17, 15) is 18.0 Å². The molecule has 0 spiro atoms. The van der Waals surface area contributed by atoms with Crippen molar-refractivity contribution in [3.8, 4) is 5.75 Å². The van der Waals surface area contributed by atoms with E-state index in [0.29, 0.717) is 22.3 Å². The zero-order valence-corrected chi connectivity index (χ0v) is 20.8. The zero-order valence-electron chi connectivity index (χ0n) is 18.3. The second kappa shape index (κ2) is 13.2. The lowest BCUT2D eigenvalue weighted by molar-refractivity contribution is -0.116. The van der Waals surface area contributed by atoms with E-state index in [0.717, 1.165) is 4.88 Å². The van der Waals surface area contributed by atoms with Crippen LogP contribution in [-0.2, 0) is 26.0 Å². The lowest BCUT2D eigenvalue weighted by Gasteiger charge is -2.19. The van der Waals surface area contributed by atoms with Gasteiger partial charge in [0.1, 0.15) is 17.3 Å². The largest absolute Gasteiger partial charge is 0.490 e. The summed E-state index contributed by atoms with van der Waals surface area (Å²) in [6.07, 6.45) is 3.53. The first kappa shape index (κ1) is 26.7. The monoisotopic (exact) mass is 513 g/mol. The van der Waals surface area contributed by atoms with E-state index in [4.69, 9.17) is 9.47 Å². The fourth-order valence-corrected chi connectivity index (χ4v) is 4.77. The van der Waals surface area contributed by atoms with Crippen molar-refractivity contribution in [3.63, 3.8) is 0 Å². The number of amides is 3. The van der Waals surface area contributed by atoms with Gasteiger partial charge in [0.15, 0.2) is 0 Å². The lowest BCUT2D eigenvalue weighted by atomic mass is 10.1. The standard InChI is InChI=1S/C21H27N3O6S3/c1-3-29-12-13-30-18-8-6-16(15-19(18)33(27,28)24(31)21(26)22-2)10-11-23-20(25)9-7-17-5-4-14-32-17/h4-9,14-15,31H,3,10-13H2,1-2H3,(H,22,26)(H,23,25)/b9-7+. The maximum absolute atomic E-state index is 13.0. The van der Waals surface area contributed by atoms with Crippen molar-refractivity contribution in [2.75, 3.05) is 33.4 Å². The van der Waals surface area contributed by atoms with Gasteiger partial charge in [0.25, 0.3) is 10.0 Å². The molecule has 2 rings (SSSR count). The molecule has 2 N–H and O–H groups in total. The Kier molecular flexibility index (Phi) is 10.7. The van der Waals surface area contributed by atoms with Gasteiger partial charge in [-0.1, -0.05) is 12.1 Å². The number of hydrogen-bond donors (Lipinski definition) is 3. The van der Waals surface area contributed by atoms with Crippen molar-refractivity contribution in [1.82, 2.24) is 14.3 Å². The van der Waals surface area contributed by atoms with Crippen LogP contribution in [0.25, 0.3) is 6.08 Å². The molecule has 1 aromatic heterocycles. The zero-order chi connectivity index (χ0) is 24.3. The van der Waals surface area contributed by atoms with E-state index in [1.165, 1.54) is 36.6 Å². The summed E-state index contributed by atoms with van der Waals surface area (Å²) in [5.41, 5.74) is 0.631. The summed E-state index contributed by atoms with van der Waals surface area (Å²) in [6, 6.07) is 7.51. The number of nitrogens with one attached hydrogen (secondary N) is 2. The van der Waals surface area contributed by atoms with Gasteiger partial charge in [-0.25, -0.2) is 4.79 Å². The summed E-state index contributed by atoms with van der Waals surface area (Å²) >= 11 is 5.36. The number of ether oxygens (including phenoxy) is 2. The Hall–Kier alpha value is -2.54. The SMILES string of the molecule is CCOCCOc1ccc(CCNC(=O)/C=C/c2cccs2)cc1S(=O)(=O)N(S)C(=O)NC. The Morgan fingerprint density at radius 3 is 2.70 bits per heavy atom. The Balaban J connectivity index is 2.13. The average molecular weight is 514 g/mol. The average Bonchev–Trinajstić information content (AvgIpc) is 3.33. The van der Waals surface area contributed by atoms with Gasteiger partial charge in [-0.05, 0) is 61.4 Å². The molecule has 33 heavy (non-hydrogen) atoms. The van der Waals surface area contributed by atoms with E-state index >= 15 is 0 Å². The Labute approximate surface area is 203 Å². The van der Waals surface area contributed by atoms with Gasteiger partial charge in [0.05, 0.1) is 6.61 Å². The number of carbonyl (C=O) groups excluding carboxylic acids is 2. The molecule has 0 atom stereocenters. The molecule has 2 aromatic rings.